The van der Waals surface area contributed by atoms with E-state index in [4.69, 9.17) is 4.42 Å². The molecule has 0 bridgehead atoms. The van der Waals surface area contributed by atoms with Gasteiger partial charge in [0, 0.05) is 22.5 Å². The maximum atomic E-state index is 12.0. The Morgan fingerprint density at radius 1 is 1.21 bits per heavy atom. The summed E-state index contributed by atoms with van der Waals surface area (Å²) in [6.45, 7) is 4.74. The molecule has 1 N–H and O–H groups in total. The molecular formula is C19H19N3O2. The van der Waals surface area contributed by atoms with Crippen molar-refractivity contribution in [2.24, 2.45) is 5.10 Å². The summed E-state index contributed by atoms with van der Waals surface area (Å²) in [4.78, 5) is 12.0. The van der Waals surface area contributed by atoms with Gasteiger partial charge >= 0.3 is 0 Å². The van der Waals surface area contributed by atoms with Gasteiger partial charge < -0.3 is 8.98 Å². The number of rotatable bonds is 5. The first kappa shape index (κ1) is 15.8. The molecule has 2 aromatic heterocycles. The SMILES string of the molecule is Cc1cc(/C=N\NC(=O)c2ccccc2)c(C)n1Cc1ccco1. The molecule has 1 aromatic carbocycles. The maximum absolute atomic E-state index is 12.0. The Morgan fingerprint density at radius 2 is 2.00 bits per heavy atom. The molecule has 0 aliphatic carbocycles. The normalized spacial score (nSPS) is 11.1. The minimum atomic E-state index is -0.226. The lowest BCUT2D eigenvalue weighted by molar-refractivity contribution is 0.0955. The van der Waals surface area contributed by atoms with Crippen LogP contribution < -0.4 is 5.43 Å². The predicted octanol–water partition coefficient (Wildman–Crippen LogP) is 3.51. The Hall–Kier alpha value is -3.08. The second-order valence-corrected chi connectivity index (χ2v) is 5.56. The molecule has 3 aromatic rings. The summed E-state index contributed by atoms with van der Waals surface area (Å²) in [5.74, 6) is 0.675. The first-order valence-electron chi connectivity index (χ1n) is 7.72. The number of carbonyl (C=O) groups is 1. The van der Waals surface area contributed by atoms with Gasteiger partial charge in [0.2, 0.25) is 0 Å². The number of nitrogens with one attached hydrogen (secondary N) is 1. The third-order valence-corrected chi connectivity index (χ3v) is 3.91. The van der Waals surface area contributed by atoms with Gasteiger partial charge in [-0.05, 0) is 44.2 Å². The molecule has 0 saturated heterocycles. The Balaban J connectivity index is 1.70. The summed E-state index contributed by atoms with van der Waals surface area (Å²) in [7, 11) is 0. The fourth-order valence-electron chi connectivity index (χ4n) is 2.57. The molecule has 1 amide bonds. The number of aryl methyl sites for hydroxylation is 1. The van der Waals surface area contributed by atoms with Crippen molar-refractivity contribution in [2.75, 3.05) is 0 Å². The van der Waals surface area contributed by atoms with Crippen LogP contribution in [0.4, 0.5) is 0 Å². The fraction of sp³-hybridized carbons (Fsp3) is 0.158. The summed E-state index contributed by atoms with van der Waals surface area (Å²) in [5.41, 5.74) is 6.28. The van der Waals surface area contributed by atoms with Crippen LogP contribution >= 0.6 is 0 Å². The molecule has 0 aliphatic heterocycles. The van der Waals surface area contributed by atoms with E-state index in [1.165, 1.54) is 0 Å². The second-order valence-electron chi connectivity index (χ2n) is 5.56. The Kier molecular flexibility index (Phi) is 4.61. The zero-order valence-electron chi connectivity index (χ0n) is 13.7. The van der Waals surface area contributed by atoms with Crippen LogP contribution in [0.25, 0.3) is 0 Å². The van der Waals surface area contributed by atoms with Crippen LogP contribution in [0.5, 0.6) is 0 Å². The van der Waals surface area contributed by atoms with Crippen molar-refractivity contribution < 1.29 is 9.21 Å². The van der Waals surface area contributed by atoms with Crippen molar-refractivity contribution in [1.82, 2.24) is 9.99 Å². The third-order valence-electron chi connectivity index (χ3n) is 3.91. The topological polar surface area (TPSA) is 59.5 Å². The Morgan fingerprint density at radius 3 is 2.71 bits per heavy atom. The number of benzene rings is 1. The average Bonchev–Trinajstić information content (AvgIpc) is 3.20. The molecular weight excluding hydrogens is 302 g/mol. The van der Waals surface area contributed by atoms with E-state index in [1.807, 2.05) is 50.2 Å². The van der Waals surface area contributed by atoms with Gasteiger partial charge in [-0.2, -0.15) is 5.10 Å². The first-order valence-corrected chi connectivity index (χ1v) is 7.72. The Bertz CT molecular complexity index is 846. The van der Waals surface area contributed by atoms with Crippen LogP contribution in [0.1, 0.15) is 33.1 Å². The van der Waals surface area contributed by atoms with Crippen LogP contribution in [-0.4, -0.2) is 16.7 Å². The third kappa shape index (κ3) is 3.46. The lowest BCUT2D eigenvalue weighted by atomic mass is 10.2. The smallest absolute Gasteiger partial charge is 0.271 e. The molecule has 0 fully saturated rings. The standard InChI is InChI=1S/C19H19N3O2/c1-14-11-17(15(2)22(14)13-18-9-6-10-24-18)12-20-21-19(23)16-7-4-3-5-8-16/h3-12H,13H2,1-2H3,(H,21,23)/b20-12-. The quantitative estimate of drug-likeness (QED) is 0.577. The van der Waals surface area contributed by atoms with E-state index >= 15 is 0 Å². The summed E-state index contributed by atoms with van der Waals surface area (Å²) < 4.78 is 7.56. The number of hydrogen-bond acceptors (Lipinski definition) is 3. The van der Waals surface area contributed by atoms with Crippen molar-refractivity contribution >= 4 is 12.1 Å². The first-order chi connectivity index (χ1) is 11.6. The van der Waals surface area contributed by atoms with Gasteiger partial charge in [-0.15, -0.1) is 0 Å². The number of furan rings is 1. The number of hydrogen-bond donors (Lipinski definition) is 1. The summed E-state index contributed by atoms with van der Waals surface area (Å²) in [6.07, 6.45) is 3.34. The molecule has 0 unspecified atom stereocenters. The molecule has 0 aliphatic rings. The molecule has 0 radical (unpaired) electrons. The predicted molar refractivity (Wildman–Crippen MR) is 93.2 cm³/mol. The van der Waals surface area contributed by atoms with Crippen molar-refractivity contribution in [1.29, 1.82) is 0 Å². The van der Waals surface area contributed by atoms with E-state index in [2.05, 4.69) is 15.1 Å². The highest BCUT2D eigenvalue weighted by Gasteiger charge is 2.09. The minimum Gasteiger partial charge on any atom is -0.467 e. The van der Waals surface area contributed by atoms with Crippen molar-refractivity contribution in [3.63, 3.8) is 0 Å². The molecule has 24 heavy (non-hydrogen) atoms. The summed E-state index contributed by atoms with van der Waals surface area (Å²) in [5, 5.41) is 4.07. The largest absolute Gasteiger partial charge is 0.467 e. The molecule has 0 saturated carbocycles. The van der Waals surface area contributed by atoms with Crippen LogP contribution in [0.3, 0.4) is 0 Å². The van der Waals surface area contributed by atoms with Gasteiger partial charge in [0.25, 0.3) is 5.91 Å². The zero-order valence-corrected chi connectivity index (χ0v) is 13.7. The number of carbonyl (C=O) groups excluding carboxylic acids is 1. The fourth-order valence-corrected chi connectivity index (χ4v) is 2.57. The summed E-state index contributed by atoms with van der Waals surface area (Å²) >= 11 is 0. The van der Waals surface area contributed by atoms with Crippen LogP contribution in [0.2, 0.25) is 0 Å². The van der Waals surface area contributed by atoms with E-state index in [9.17, 15) is 4.79 Å². The van der Waals surface area contributed by atoms with Crippen LogP contribution in [0.15, 0.2) is 64.3 Å². The molecule has 3 rings (SSSR count). The minimum absolute atomic E-state index is 0.226. The monoisotopic (exact) mass is 321 g/mol. The van der Waals surface area contributed by atoms with Gasteiger partial charge in [0.1, 0.15) is 5.76 Å². The van der Waals surface area contributed by atoms with E-state index in [-0.39, 0.29) is 5.91 Å². The van der Waals surface area contributed by atoms with Gasteiger partial charge in [0.05, 0.1) is 19.0 Å². The van der Waals surface area contributed by atoms with Gasteiger partial charge in [-0.25, -0.2) is 5.43 Å². The van der Waals surface area contributed by atoms with E-state index in [0.717, 1.165) is 22.7 Å². The van der Waals surface area contributed by atoms with Gasteiger partial charge in [-0.1, -0.05) is 18.2 Å². The molecule has 0 atom stereocenters. The lowest BCUT2D eigenvalue weighted by Crippen LogP contribution is -2.17. The molecule has 5 nitrogen and oxygen atoms in total. The second kappa shape index (κ2) is 7.00. The number of hydrazone groups is 1. The lowest BCUT2D eigenvalue weighted by Gasteiger charge is -2.07. The number of aromatic nitrogens is 1. The highest BCUT2D eigenvalue weighted by Crippen LogP contribution is 2.16. The molecule has 2 heterocycles. The highest BCUT2D eigenvalue weighted by atomic mass is 16.3. The van der Waals surface area contributed by atoms with E-state index < -0.39 is 0 Å². The van der Waals surface area contributed by atoms with Crippen molar-refractivity contribution in [3.8, 4) is 0 Å². The van der Waals surface area contributed by atoms with Crippen molar-refractivity contribution in [2.45, 2.75) is 20.4 Å². The molecule has 5 heteroatoms. The maximum Gasteiger partial charge on any atom is 0.271 e. The number of nitrogens with zero attached hydrogens (tertiary/aromatic N) is 2. The highest BCUT2D eigenvalue weighted by molar-refractivity contribution is 5.94. The Labute approximate surface area is 140 Å². The van der Waals surface area contributed by atoms with E-state index in [0.29, 0.717) is 12.1 Å². The average molecular weight is 321 g/mol. The molecule has 0 spiro atoms. The van der Waals surface area contributed by atoms with Crippen LogP contribution in [0, 0.1) is 13.8 Å². The zero-order chi connectivity index (χ0) is 16.9. The molecule has 122 valence electrons. The van der Waals surface area contributed by atoms with Crippen LogP contribution in [-0.2, 0) is 6.54 Å². The van der Waals surface area contributed by atoms with Gasteiger partial charge in [-0.3, -0.25) is 4.79 Å². The summed E-state index contributed by atoms with van der Waals surface area (Å²) in [6, 6.07) is 14.9. The van der Waals surface area contributed by atoms with Gasteiger partial charge in [0.15, 0.2) is 0 Å². The number of amides is 1. The van der Waals surface area contributed by atoms with Crippen molar-refractivity contribution in [3.05, 3.63) is 83.1 Å². The van der Waals surface area contributed by atoms with E-state index in [1.54, 1.807) is 24.6 Å².